The first-order valence-corrected chi connectivity index (χ1v) is 9.11. The van der Waals surface area contributed by atoms with Crippen LogP contribution < -0.4 is 4.72 Å². The monoisotopic (exact) mass is 336 g/mol. The van der Waals surface area contributed by atoms with Gasteiger partial charge in [0.15, 0.2) is 5.89 Å². The van der Waals surface area contributed by atoms with Gasteiger partial charge in [-0.15, -0.1) is 0 Å². The Labute approximate surface area is 135 Å². The maximum absolute atomic E-state index is 12.3. The highest BCUT2D eigenvalue weighted by molar-refractivity contribution is 7.89. The number of sulfonamides is 1. The summed E-state index contributed by atoms with van der Waals surface area (Å²) in [5.41, 5.74) is 0.542. The van der Waals surface area contributed by atoms with Crippen molar-refractivity contribution in [3.63, 3.8) is 0 Å². The zero-order valence-electron chi connectivity index (χ0n) is 12.9. The molecular weight excluding hydrogens is 316 g/mol. The minimum atomic E-state index is -3.63. The summed E-state index contributed by atoms with van der Waals surface area (Å²) in [6.07, 6.45) is 4.68. The van der Waals surface area contributed by atoms with Crippen LogP contribution in [0.3, 0.4) is 0 Å². The normalized spacial score (nSPS) is 17.5. The lowest BCUT2D eigenvalue weighted by molar-refractivity contribution is 0.0532. The molecule has 6 nitrogen and oxygen atoms in total. The Morgan fingerprint density at radius 2 is 1.91 bits per heavy atom. The lowest BCUT2D eigenvalue weighted by atomic mass is 10.0. The lowest BCUT2D eigenvalue weighted by Gasteiger charge is -2.22. The van der Waals surface area contributed by atoms with Gasteiger partial charge in [-0.1, -0.05) is 25.0 Å². The van der Waals surface area contributed by atoms with Crippen molar-refractivity contribution in [1.82, 2.24) is 9.71 Å². The average Bonchev–Trinajstić information content (AvgIpc) is 3.15. The fourth-order valence-corrected chi connectivity index (χ4v) is 3.94. The van der Waals surface area contributed by atoms with Crippen LogP contribution in [0.1, 0.15) is 31.6 Å². The number of oxazole rings is 1. The van der Waals surface area contributed by atoms with E-state index in [1.807, 2.05) is 0 Å². The number of benzene rings is 1. The van der Waals surface area contributed by atoms with E-state index in [2.05, 4.69) is 9.71 Å². The number of aromatic nitrogens is 1. The Morgan fingerprint density at radius 1 is 1.26 bits per heavy atom. The van der Waals surface area contributed by atoms with Gasteiger partial charge in [-0.25, -0.2) is 18.1 Å². The van der Waals surface area contributed by atoms with Crippen molar-refractivity contribution in [2.24, 2.45) is 0 Å². The van der Waals surface area contributed by atoms with Crippen LogP contribution in [0.15, 0.2) is 39.8 Å². The summed E-state index contributed by atoms with van der Waals surface area (Å²) >= 11 is 0. The molecule has 0 spiro atoms. The predicted molar refractivity (Wildman–Crippen MR) is 85.3 cm³/mol. The highest BCUT2D eigenvalue weighted by Crippen LogP contribution is 2.29. The zero-order chi connectivity index (χ0) is 16.5. The number of aliphatic hydroxyl groups is 1. The molecule has 124 valence electrons. The van der Waals surface area contributed by atoms with E-state index in [1.54, 1.807) is 19.1 Å². The Hall–Kier alpha value is -1.70. The van der Waals surface area contributed by atoms with Gasteiger partial charge in [0, 0.05) is 19.0 Å². The van der Waals surface area contributed by atoms with Gasteiger partial charge in [0.2, 0.25) is 10.0 Å². The molecule has 1 heterocycles. The van der Waals surface area contributed by atoms with E-state index >= 15 is 0 Å². The molecule has 2 aromatic rings. The van der Waals surface area contributed by atoms with E-state index in [0.29, 0.717) is 24.4 Å². The fraction of sp³-hybridized carbons (Fsp3) is 0.438. The Balaban J connectivity index is 1.72. The van der Waals surface area contributed by atoms with Gasteiger partial charge in [-0.05, 0) is 25.0 Å². The summed E-state index contributed by atoms with van der Waals surface area (Å²) in [5.74, 6) is 0.558. The maximum atomic E-state index is 12.3. The number of rotatable bonds is 5. The highest BCUT2D eigenvalue weighted by Gasteiger charge is 2.32. The first-order chi connectivity index (χ1) is 10.9. The molecule has 1 aromatic heterocycles. The van der Waals surface area contributed by atoms with Gasteiger partial charge in [-0.3, -0.25) is 0 Å². The van der Waals surface area contributed by atoms with Crippen molar-refractivity contribution in [1.29, 1.82) is 0 Å². The van der Waals surface area contributed by atoms with Crippen LogP contribution >= 0.6 is 0 Å². The smallest absolute Gasteiger partial charge is 0.240 e. The molecule has 0 atom stereocenters. The van der Waals surface area contributed by atoms with Crippen molar-refractivity contribution in [2.45, 2.75) is 43.1 Å². The average molecular weight is 336 g/mol. The van der Waals surface area contributed by atoms with E-state index in [9.17, 15) is 13.5 Å². The molecule has 23 heavy (non-hydrogen) atoms. The number of hydrogen-bond donors (Lipinski definition) is 2. The quantitative estimate of drug-likeness (QED) is 0.873. The third-order valence-corrected chi connectivity index (χ3v) is 5.62. The first kappa shape index (κ1) is 16.2. The molecule has 1 fully saturated rings. The summed E-state index contributed by atoms with van der Waals surface area (Å²) in [5, 5.41) is 10.3. The van der Waals surface area contributed by atoms with E-state index in [4.69, 9.17) is 4.42 Å². The Bertz CT molecular complexity index is 775. The van der Waals surface area contributed by atoms with E-state index in [-0.39, 0.29) is 11.4 Å². The molecule has 2 N–H and O–H groups in total. The van der Waals surface area contributed by atoms with Crippen molar-refractivity contribution >= 4 is 10.0 Å². The van der Waals surface area contributed by atoms with Gasteiger partial charge < -0.3 is 9.52 Å². The van der Waals surface area contributed by atoms with Gasteiger partial charge in [0.05, 0.1) is 10.5 Å². The molecular formula is C16H20N2O4S. The molecule has 1 aliphatic rings. The van der Waals surface area contributed by atoms with E-state index in [1.165, 1.54) is 18.4 Å². The number of nitrogens with one attached hydrogen (secondary N) is 1. The summed E-state index contributed by atoms with van der Waals surface area (Å²) in [6.45, 7) is 1.81. The molecule has 1 aliphatic carbocycles. The van der Waals surface area contributed by atoms with Crippen LogP contribution in [-0.2, 0) is 10.0 Å². The van der Waals surface area contributed by atoms with Crippen molar-refractivity contribution in [2.75, 3.05) is 6.54 Å². The third-order valence-electron chi connectivity index (χ3n) is 4.20. The van der Waals surface area contributed by atoms with Crippen LogP contribution in [0.2, 0.25) is 0 Å². The molecule has 0 bridgehead atoms. The standard InChI is InChI=1S/C16H20N2O4S/c1-12-18-15(10-22-12)13-4-6-14(7-5-13)23(20,21)17-11-16(19)8-2-3-9-16/h4-7,10,17,19H,2-3,8-9,11H2,1H3. The number of nitrogens with zero attached hydrogens (tertiary/aromatic N) is 1. The first-order valence-electron chi connectivity index (χ1n) is 7.63. The molecule has 3 rings (SSSR count). The Kier molecular flexibility index (Phi) is 4.27. The summed E-state index contributed by atoms with van der Waals surface area (Å²) in [7, 11) is -3.63. The Morgan fingerprint density at radius 3 is 2.48 bits per heavy atom. The van der Waals surface area contributed by atoms with Gasteiger partial charge in [0.1, 0.15) is 12.0 Å². The van der Waals surface area contributed by atoms with Crippen molar-refractivity contribution < 1.29 is 17.9 Å². The second-order valence-corrected chi connectivity index (χ2v) is 7.80. The van der Waals surface area contributed by atoms with Crippen LogP contribution in [0.4, 0.5) is 0 Å². The second-order valence-electron chi connectivity index (χ2n) is 6.03. The minimum Gasteiger partial charge on any atom is -0.449 e. The van der Waals surface area contributed by atoms with Gasteiger partial charge >= 0.3 is 0 Å². The third kappa shape index (κ3) is 3.63. The largest absolute Gasteiger partial charge is 0.449 e. The molecule has 0 aliphatic heterocycles. The van der Waals surface area contributed by atoms with Gasteiger partial charge in [0.25, 0.3) is 0 Å². The van der Waals surface area contributed by atoms with E-state index in [0.717, 1.165) is 18.4 Å². The second kappa shape index (κ2) is 6.07. The predicted octanol–water partition coefficient (Wildman–Crippen LogP) is 2.23. The van der Waals surface area contributed by atoms with Gasteiger partial charge in [-0.2, -0.15) is 0 Å². The molecule has 0 saturated heterocycles. The molecule has 0 radical (unpaired) electrons. The van der Waals surface area contributed by atoms with E-state index < -0.39 is 15.6 Å². The van der Waals surface area contributed by atoms with Crippen LogP contribution in [0.25, 0.3) is 11.3 Å². The highest BCUT2D eigenvalue weighted by atomic mass is 32.2. The lowest BCUT2D eigenvalue weighted by Crippen LogP contribution is -2.40. The summed E-state index contributed by atoms with van der Waals surface area (Å²) in [6, 6.07) is 6.44. The van der Waals surface area contributed by atoms with Crippen LogP contribution in [-0.4, -0.2) is 30.7 Å². The molecule has 0 unspecified atom stereocenters. The minimum absolute atomic E-state index is 0.0551. The van der Waals surface area contributed by atoms with Crippen LogP contribution in [0.5, 0.6) is 0 Å². The van der Waals surface area contributed by atoms with Crippen molar-refractivity contribution in [3.8, 4) is 11.3 Å². The van der Waals surface area contributed by atoms with Crippen LogP contribution in [0, 0.1) is 6.92 Å². The van der Waals surface area contributed by atoms with Crippen molar-refractivity contribution in [3.05, 3.63) is 36.4 Å². The SMILES string of the molecule is Cc1nc(-c2ccc(S(=O)(=O)NCC3(O)CCCC3)cc2)co1. The summed E-state index contributed by atoms with van der Waals surface area (Å²) in [4.78, 5) is 4.38. The zero-order valence-corrected chi connectivity index (χ0v) is 13.8. The number of aryl methyl sites for hydroxylation is 1. The maximum Gasteiger partial charge on any atom is 0.240 e. The fourth-order valence-electron chi connectivity index (χ4n) is 2.82. The number of hydrogen-bond acceptors (Lipinski definition) is 5. The molecule has 0 amide bonds. The molecule has 7 heteroatoms. The summed E-state index contributed by atoms with van der Waals surface area (Å²) < 4.78 is 32.3. The topological polar surface area (TPSA) is 92.4 Å². The molecule has 1 aromatic carbocycles. The molecule has 1 saturated carbocycles.